The summed E-state index contributed by atoms with van der Waals surface area (Å²) >= 11 is 6.22. The minimum atomic E-state index is -0.441. The van der Waals surface area contributed by atoms with E-state index in [-0.39, 0.29) is 28.8 Å². The molecule has 1 aliphatic rings. The van der Waals surface area contributed by atoms with E-state index < -0.39 is 5.82 Å². The van der Waals surface area contributed by atoms with E-state index in [2.05, 4.69) is 20.6 Å². The minimum Gasteiger partial charge on any atom is -0.310 e. The Morgan fingerprint density at radius 2 is 2.08 bits per heavy atom. The fourth-order valence-electron chi connectivity index (χ4n) is 3.22. The topological polar surface area (TPSA) is 92.7 Å². The lowest BCUT2D eigenvalue weighted by Gasteiger charge is -2.25. The largest absolute Gasteiger partial charge is 0.310 e. The van der Waals surface area contributed by atoms with Crippen molar-refractivity contribution >= 4 is 23.3 Å². The normalized spacial score (nSPS) is 16.3. The summed E-state index contributed by atoms with van der Waals surface area (Å²) in [6.45, 7) is 1.81. The Balaban J connectivity index is 1.89. The first kappa shape index (κ1) is 16.5. The van der Waals surface area contributed by atoms with Gasteiger partial charge in [-0.3, -0.25) is 9.59 Å². The molecule has 1 aromatic carbocycles. The Bertz CT molecular complexity index is 1070. The van der Waals surface area contributed by atoms with Crippen LogP contribution in [0.15, 0.2) is 35.1 Å². The Morgan fingerprint density at radius 1 is 1.27 bits per heavy atom. The summed E-state index contributed by atoms with van der Waals surface area (Å²) in [6.07, 6.45) is 0.171. The van der Waals surface area contributed by atoms with Gasteiger partial charge in [0.25, 0.3) is 5.56 Å². The van der Waals surface area contributed by atoms with Gasteiger partial charge in [0.05, 0.1) is 5.69 Å². The molecule has 0 unspecified atom stereocenters. The van der Waals surface area contributed by atoms with Crippen molar-refractivity contribution < 1.29 is 9.18 Å². The second-order valence-electron chi connectivity index (χ2n) is 6.01. The summed E-state index contributed by atoms with van der Waals surface area (Å²) in [7, 11) is 0. The molecule has 1 amide bonds. The number of nitrogens with zero attached hydrogens (tertiary/aromatic N) is 3. The van der Waals surface area contributed by atoms with Crippen LogP contribution in [0.25, 0.3) is 5.82 Å². The minimum absolute atomic E-state index is 0.171. The van der Waals surface area contributed by atoms with E-state index in [0.717, 1.165) is 5.56 Å². The molecule has 4 rings (SSSR count). The highest BCUT2D eigenvalue weighted by Crippen LogP contribution is 2.42. The Kier molecular flexibility index (Phi) is 3.84. The predicted octanol–water partition coefficient (Wildman–Crippen LogP) is 2.53. The number of aromatic amines is 1. The van der Waals surface area contributed by atoms with Crippen molar-refractivity contribution in [3.05, 3.63) is 68.3 Å². The fourth-order valence-corrected chi connectivity index (χ4v) is 3.52. The Labute approximate surface area is 151 Å². The molecule has 0 fully saturated rings. The van der Waals surface area contributed by atoms with Crippen LogP contribution in [0.5, 0.6) is 0 Å². The first-order chi connectivity index (χ1) is 12.4. The lowest BCUT2D eigenvalue weighted by molar-refractivity contribution is -0.116. The summed E-state index contributed by atoms with van der Waals surface area (Å²) in [4.78, 5) is 23.5. The summed E-state index contributed by atoms with van der Waals surface area (Å²) < 4.78 is 14.9. The lowest BCUT2D eigenvalue weighted by Crippen LogP contribution is -2.25. The molecule has 2 aromatic heterocycles. The maximum absolute atomic E-state index is 13.4. The molecule has 0 aliphatic carbocycles. The number of aryl methyl sites for hydroxylation is 1. The third-order valence-electron chi connectivity index (χ3n) is 4.32. The van der Waals surface area contributed by atoms with Gasteiger partial charge < -0.3 is 5.32 Å². The van der Waals surface area contributed by atoms with Crippen molar-refractivity contribution in [1.82, 2.24) is 20.0 Å². The average Bonchev–Trinajstić information content (AvgIpc) is 2.91. The van der Waals surface area contributed by atoms with Crippen LogP contribution in [-0.2, 0) is 4.79 Å². The number of halogens is 2. The molecule has 7 nitrogen and oxygen atoms in total. The van der Waals surface area contributed by atoms with Crippen LogP contribution in [-0.4, -0.2) is 25.9 Å². The summed E-state index contributed by atoms with van der Waals surface area (Å²) in [6, 6.07) is 6.96. The number of hydrogen-bond acceptors (Lipinski definition) is 4. The molecule has 0 spiro atoms. The van der Waals surface area contributed by atoms with Gasteiger partial charge in [0.1, 0.15) is 11.6 Å². The van der Waals surface area contributed by atoms with E-state index in [9.17, 15) is 14.0 Å². The van der Waals surface area contributed by atoms with E-state index in [0.29, 0.717) is 22.9 Å². The first-order valence-electron chi connectivity index (χ1n) is 7.84. The highest BCUT2D eigenvalue weighted by Gasteiger charge is 2.34. The second-order valence-corrected chi connectivity index (χ2v) is 6.42. The van der Waals surface area contributed by atoms with E-state index in [1.165, 1.54) is 28.9 Å². The van der Waals surface area contributed by atoms with Gasteiger partial charge >= 0.3 is 0 Å². The van der Waals surface area contributed by atoms with Gasteiger partial charge in [-0.05, 0) is 30.7 Å². The molecule has 26 heavy (non-hydrogen) atoms. The number of aromatic nitrogens is 4. The maximum Gasteiger partial charge on any atom is 0.264 e. The number of rotatable bonds is 2. The standard InChI is InChI=1S/C17H13ClFN5O2/c1-8-16-11(10-3-2-9(19)6-12(10)18)7-15(26)20-17(16)24(23-8)13-4-5-14(25)22-21-13/h2-6,11H,7H2,1H3,(H,20,26)(H,22,25)/t11-/m1/s1. The van der Waals surface area contributed by atoms with Crippen LogP contribution in [0.1, 0.15) is 29.2 Å². The zero-order valence-corrected chi connectivity index (χ0v) is 14.3. The second kappa shape index (κ2) is 6.06. The van der Waals surface area contributed by atoms with Crippen molar-refractivity contribution in [3.63, 3.8) is 0 Å². The molecule has 1 aliphatic heterocycles. The van der Waals surface area contributed by atoms with Gasteiger partial charge in [0.2, 0.25) is 5.91 Å². The van der Waals surface area contributed by atoms with Crippen molar-refractivity contribution in [2.75, 3.05) is 5.32 Å². The van der Waals surface area contributed by atoms with Gasteiger partial charge in [0, 0.05) is 29.0 Å². The van der Waals surface area contributed by atoms with Crippen LogP contribution in [0.3, 0.4) is 0 Å². The Hall–Kier alpha value is -3.00. The monoisotopic (exact) mass is 373 g/mol. The van der Waals surface area contributed by atoms with Crippen LogP contribution >= 0.6 is 11.6 Å². The summed E-state index contributed by atoms with van der Waals surface area (Å²) in [5, 5.41) is 13.8. The number of nitrogens with one attached hydrogen (secondary N) is 2. The molecule has 132 valence electrons. The Morgan fingerprint density at radius 3 is 2.77 bits per heavy atom. The molecule has 2 N–H and O–H groups in total. The van der Waals surface area contributed by atoms with Crippen LogP contribution in [0.2, 0.25) is 5.02 Å². The van der Waals surface area contributed by atoms with Gasteiger partial charge in [-0.15, -0.1) is 0 Å². The highest BCUT2D eigenvalue weighted by molar-refractivity contribution is 6.31. The molecule has 3 heterocycles. The molecule has 3 aromatic rings. The zero-order valence-electron chi connectivity index (χ0n) is 13.6. The molecule has 9 heteroatoms. The van der Waals surface area contributed by atoms with Crippen LogP contribution in [0, 0.1) is 12.7 Å². The number of H-pyrrole nitrogens is 1. The van der Waals surface area contributed by atoms with Crippen LogP contribution in [0.4, 0.5) is 10.2 Å². The molecular weight excluding hydrogens is 361 g/mol. The van der Waals surface area contributed by atoms with Crippen molar-refractivity contribution in [2.24, 2.45) is 0 Å². The van der Waals surface area contributed by atoms with Crippen LogP contribution < -0.4 is 10.9 Å². The SMILES string of the molecule is Cc1nn(-c2ccc(=O)[nH]n2)c2c1[C@@H](c1ccc(F)cc1Cl)CC(=O)N2. The number of amides is 1. The van der Waals surface area contributed by atoms with Gasteiger partial charge in [-0.2, -0.15) is 14.9 Å². The lowest BCUT2D eigenvalue weighted by atomic mass is 9.86. The summed E-state index contributed by atoms with van der Waals surface area (Å²) in [5.74, 6) is -0.190. The van der Waals surface area contributed by atoms with Crippen molar-refractivity contribution in [1.29, 1.82) is 0 Å². The molecular formula is C17H13ClFN5O2. The van der Waals surface area contributed by atoms with Crippen molar-refractivity contribution in [2.45, 2.75) is 19.3 Å². The first-order valence-corrected chi connectivity index (χ1v) is 8.22. The fraction of sp³-hybridized carbons (Fsp3) is 0.176. The number of hydrogen-bond donors (Lipinski definition) is 2. The third kappa shape index (κ3) is 2.68. The number of carbonyl (C=O) groups is 1. The molecule has 1 atom stereocenters. The number of benzene rings is 1. The zero-order chi connectivity index (χ0) is 18.4. The third-order valence-corrected chi connectivity index (χ3v) is 4.65. The molecule has 0 saturated carbocycles. The highest BCUT2D eigenvalue weighted by atomic mass is 35.5. The van der Waals surface area contributed by atoms with E-state index >= 15 is 0 Å². The predicted molar refractivity (Wildman–Crippen MR) is 93.2 cm³/mol. The quantitative estimate of drug-likeness (QED) is 0.722. The molecule has 0 bridgehead atoms. The van der Waals surface area contributed by atoms with E-state index in [4.69, 9.17) is 11.6 Å². The maximum atomic E-state index is 13.4. The smallest absolute Gasteiger partial charge is 0.264 e. The average molecular weight is 374 g/mol. The van der Waals surface area contributed by atoms with Gasteiger partial charge in [-0.25, -0.2) is 9.49 Å². The number of anilines is 1. The van der Waals surface area contributed by atoms with Gasteiger partial charge in [0.15, 0.2) is 5.82 Å². The number of carbonyl (C=O) groups excluding carboxylic acids is 1. The van der Waals surface area contributed by atoms with Gasteiger partial charge in [-0.1, -0.05) is 17.7 Å². The summed E-state index contributed by atoms with van der Waals surface area (Å²) in [5.41, 5.74) is 1.78. The van der Waals surface area contributed by atoms with Crippen molar-refractivity contribution in [3.8, 4) is 5.82 Å². The number of fused-ring (bicyclic) bond motifs is 1. The molecule has 0 radical (unpaired) electrons. The molecule has 0 saturated heterocycles. The van der Waals surface area contributed by atoms with E-state index in [1.54, 1.807) is 6.07 Å². The van der Waals surface area contributed by atoms with E-state index in [1.807, 2.05) is 6.92 Å².